The molecule has 3 heteroatoms. The number of halogens is 1. The SMILES string of the molecule is CCCCn1c(C(C)(C)C)ccc(CBr)c1=O. The highest BCUT2D eigenvalue weighted by atomic mass is 79.9. The molecule has 0 amide bonds. The molecule has 0 bridgehead atoms. The maximum atomic E-state index is 12.3. The summed E-state index contributed by atoms with van der Waals surface area (Å²) >= 11 is 3.37. The Kier molecular flexibility index (Phi) is 4.99. The van der Waals surface area contributed by atoms with Gasteiger partial charge in [-0.3, -0.25) is 4.79 Å². The fourth-order valence-corrected chi connectivity index (χ4v) is 2.35. The lowest BCUT2D eigenvalue weighted by molar-refractivity contribution is 0.488. The van der Waals surface area contributed by atoms with Gasteiger partial charge in [-0.05, 0) is 12.5 Å². The van der Waals surface area contributed by atoms with Gasteiger partial charge in [0.1, 0.15) is 0 Å². The molecule has 0 saturated heterocycles. The predicted octanol–water partition coefficient (Wildman–Crippen LogP) is 3.84. The van der Waals surface area contributed by atoms with Gasteiger partial charge >= 0.3 is 0 Å². The molecule has 0 fully saturated rings. The highest BCUT2D eigenvalue weighted by Gasteiger charge is 2.19. The van der Waals surface area contributed by atoms with Crippen LogP contribution in [0.4, 0.5) is 0 Å². The van der Waals surface area contributed by atoms with Crippen molar-refractivity contribution in [3.63, 3.8) is 0 Å². The Morgan fingerprint density at radius 2 is 1.94 bits per heavy atom. The normalized spacial score (nSPS) is 11.8. The van der Waals surface area contributed by atoms with Crippen LogP contribution in [0.2, 0.25) is 0 Å². The standard InChI is InChI=1S/C14H22BrNO/c1-5-6-9-16-12(14(2,3)4)8-7-11(10-15)13(16)17/h7-8H,5-6,9-10H2,1-4H3. The van der Waals surface area contributed by atoms with Crippen molar-refractivity contribution in [2.75, 3.05) is 0 Å². The van der Waals surface area contributed by atoms with Crippen molar-refractivity contribution >= 4 is 15.9 Å². The minimum Gasteiger partial charge on any atom is -0.312 e. The second kappa shape index (κ2) is 5.85. The van der Waals surface area contributed by atoms with E-state index >= 15 is 0 Å². The van der Waals surface area contributed by atoms with E-state index in [9.17, 15) is 4.79 Å². The number of hydrogen-bond donors (Lipinski definition) is 0. The zero-order chi connectivity index (χ0) is 13.1. The van der Waals surface area contributed by atoms with Crippen molar-refractivity contribution in [3.05, 3.63) is 33.7 Å². The second-order valence-corrected chi connectivity index (χ2v) is 6.00. The number of hydrogen-bond acceptors (Lipinski definition) is 1. The number of aromatic nitrogens is 1. The number of nitrogens with zero attached hydrogens (tertiary/aromatic N) is 1. The van der Waals surface area contributed by atoms with E-state index in [1.165, 1.54) is 0 Å². The lowest BCUT2D eigenvalue weighted by atomic mass is 9.90. The van der Waals surface area contributed by atoms with Crippen molar-refractivity contribution in [1.29, 1.82) is 0 Å². The monoisotopic (exact) mass is 299 g/mol. The van der Waals surface area contributed by atoms with Crippen LogP contribution in [0.25, 0.3) is 0 Å². The van der Waals surface area contributed by atoms with E-state index < -0.39 is 0 Å². The van der Waals surface area contributed by atoms with Crippen molar-refractivity contribution in [3.8, 4) is 0 Å². The Balaban J connectivity index is 3.31. The first-order valence-corrected chi connectivity index (χ1v) is 7.33. The number of unbranched alkanes of at least 4 members (excludes halogenated alkanes) is 1. The molecule has 0 aromatic carbocycles. The molecule has 1 aromatic rings. The number of alkyl halides is 1. The van der Waals surface area contributed by atoms with Crippen molar-refractivity contribution in [2.45, 2.75) is 57.8 Å². The molecule has 0 aliphatic rings. The lowest BCUT2D eigenvalue weighted by Crippen LogP contribution is -2.31. The van der Waals surface area contributed by atoms with Gasteiger partial charge in [-0.1, -0.05) is 56.1 Å². The van der Waals surface area contributed by atoms with Gasteiger partial charge in [-0.25, -0.2) is 0 Å². The third-order valence-corrected chi connectivity index (χ3v) is 3.50. The Morgan fingerprint density at radius 1 is 1.29 bits per heavy atom. The third kappa shape index (κ3) is 3.44. The van der Waals surface area contributed by atoms with Crippen LogP contribution < -0.4 is 5.56 Å². The summed E-state index contributed by atoms with van der Waals surface area (Å²) in [4.78, 5) is 12.3. The first-order valence-electron chi connectivity index (χ1n) is 6.21. The average molecular weight is 300 g/mol. The summed E-state index contributed by atoms with van der Waals surface area (Å²) in [7, 11) is 0. The van der Waals surface area contributed by atoms with Crippen LogP contribution in [-0.4, -0.2) is 4.57 Å². The largest absolute Gasteiger partial charge is 0.312 e. The van der Waals surface area contributed by atoms with Crippen LogP contribution in [0.1, 0.15) is 51.8 Å². The fraction of sp³-hybridized carbons (Fsp3) is 0.643. The minimum atomic E-state index is 0.0117. The topological polar surface area (TPSA) is 22.0 Å². The molecule has 0 aliphatic carbocycles. The average Bonchev–Trinajstić information content (AvgIpc) is 2.25. The van der Waals surface area contributed by atoms with Crippen LogP contribution in [0, 0.1) is 0 Å². The van der Waals surface area contributed by atoms with Crippen LogP contribution >= 0.6 is 15.9 Å². The molecule has 0 unspecified atom stereocenters. The summed E-state index contributed by atoms with van der Waals surface area (Å²) in [6.07, 6.45) is 2.16. The molecule has 2 nitrogen and oxygen atoms in total. The number of pyridine rings is 1. The maximum Gasteiger partial charge on any atom is 0.254 e. The smallest absolute Gasteiger partial charge is 0.254 e. The molecule has 0 radical (unpaired) electrons. The highest BCUT2D eigenvalue weighted by molar-refractivity contribution is 9.08. The third-order valence-electron chi connectivity index (χ3n) is 2.90. The van der Waals surface area contributed by atoms with Gasteiger partial charge in [0.15, 0.2) is 0 Å². The van der Waals surface area contributed by atoms with E-state index in [1.807, 2.05) is 10.6 Å². The van der Waals surface area contributed by atoms with Crippen LogP contribution in [0.15, 0.2) is 16.9 Å². The Morgan fingerprint density at radius 3 is 2.41 bits per heavy atom. The lowest BCUT2D eigenvalue weighted by Gasteiger charge is -2.24. The Bertz CT molecular complexity index is 429. The molecular formula is C14H22BrNO. The molecular weight excluding hydrogens is 278 g/mol. The van der Waals surface area contributed by atoms with Crippen molar-refractivity contribution < 1.29 is 0 Å². The van der Waals surface area contributed by atoms with Crippen molar-refractivity contribution in [1.82, 2.24) is 4.57 Å². The maximum absolute atomic E-state index is 12.3. The molecule has 17 heavy (non-hydrogen) atoms. The fourth-order valence-electron chi connectivity index (χ4n) is 1.92. The molecule has 0 aliphatic heterocycles. The van der Waals surface area contributed by atoms with Crippen LogP contribution in [0.5, 0.6) is 0 Å². The van der Waals surface area contributed by atoms with Gasteiger partial charge in [-0.2, -0.15) is 0 Å². The highest BCUT2D eigenvalue weighted by Crippen LogP contribution is 2.21. The van der Waals surface area contributed by atoms with E-state index in [0.29, 0.717) is 5.33 Å². The van der Waals surface area contributed by atoms with E-state index in [0.717, 1.165) is 30.6 Å². The zero-order valence-electron chi connectivity index (χ0n) is 11.2. The van der Waals surface area contributed by atoms with E-state index in [4.69, 9.17) is 0 Å². The summed E-state index contributed by atoms with van der Waals surface area (Å²) in [5.74, 6) is 0. The Hall–Kier alpha value is -0.570. The van der Waals surface area contributed by atoms with Gasteiger partial charge in [-0.15, -0.1) is 0 Å². The number of rotatable bonds is 4. The molecule has 0 atom stereocenters. The molecule has 96 valence electrons. The van der Waals surface area contributed by atoms with E-state index in [1.54, 1.807) is 0 Å². The summed E-state index contributed by atoms with van der Waals surface area (Å²) in [6.45, 7) is 9.42. The summed E-state index contributed by atoms with van der Waals surface area (Å²) in [5.41, 5.74) is 2.13. The first kappa shape index (κ1) is 14.5. The summed E-state index contributed by atoms with van der Waals surface area (Å²) < 4.78 is 1.94. The quantitative estimate of drug-likeness (QED) is 0.774. The molecule has 1 heterocycles. The van der Waals surface area contributed by atoms with Crippen molar-refractivity contribution in [2.24, 2.45) is 0 Å². The van der Waals surface area contributed by atoms with Crippen LogP contribution in [-0.2, 0) is 17.3 Å². The molecule has 1 rings (SSSR count). The molecule has 1 aromatic heterocycles. The van der Waals surface area contributed by atoms with Crippen LogP contribution in [0.3, 0.4) is 0 Å². The summed E-state index contributed by atoms with van der Waals surface area (Å²) in [6, 6.07) is 4.04. The van der Waals surface area contributed by atoms with Gasteiger partial charge in [0.2, 0.25) is 0 Å². The zero-order valence-corrected chi connectivity index (χ0v) is 12.8. The molecule has 0 saturated carbocycles. The van der Waals surface area contributed by atoms with Gasteiger partial charge in [0.05, 0.1) is 0 Å². The van der Waals surface area contributed by atoms with E-state index in [-0.39, 0.29) is 11.0 Å². The first-order chi connectivity index (χ1) is 7.91. The van der Waals surface area contributed by atoms with E-state index in [2.05, 4.69) is 49.7 Å². The summed E-state index contributed by atoms with van der Waals surface area (Å²) in [5, 5.41) is 0.627. The molecule has 0 N–H and O–H groups in total. The molecule has 0 spiro atoms. The minimum absolute atomic E-state index is 0.0117. The van der Waals surface area contributed by atoms with Gasteiger partial charge in [0, 0.05) is 28.5 Å². The van der Waals surface area contributed by atoms with Gasteiger partial charge < -0.3 is 4.57 Å². The Labute approximate surface area is 112 Å². The predicted molar refractivity (Wildman–Crippen MR) is 76.9 cm³/mol. The second-order valence-electron chi connectivity index (χ2n) is 5.44. The van der Waals surface area contributed by atoms with Gasteiger partial charge in [0.25, 0.3) is 5.56 Å².